The summed E-state index contributed by atoms with van der Waals surface area (Å²) < 4.78 is 10.3. The third-order valence-electron chi connectivity index (χ3n) is 3.85. The highest BCUT2D eigenvalue weighted by Crippen LogP contribution is 2.26. The second-order valence-electron chi connectivity index (χ2n) is 5.37. The summed E-state index contributed by atoms with van der Waals surface area (Å²) in [5.41, 5.74) is 6.00. The van der Waals surface area contributed by atoms with Crippen molar-refractivity contribution in [2.75, 3.05) is 25.7 Å². The van der Waals surface area contributed by atoms with E-state index in [0.29, 0.717) is 18.0 Å². The Morgan fingerprint density at radius 1 is 1.05 bits per heavy atom. The fourth-order valence-electron chi connectivity index (χ4n) is 2.74. The van der Waals surface area contributed by atoms with E-state index in [-0.39, 0.29) is 12.0 Å². The molecule has 1 aliphatic rings. The van der Waals surface area contributed by atoms with E-state index in [1.54, 1.807) is 14.2 Å². The van der Waals surface area contributed by atoms with E-state index in [1.165, 1.54) is 0 Å². The maximum atomic E-state index is 6.00. The van der Waals surface area contributed by atoms with Gasteiger partial charge in [0.05, 0.1) is 14.2 Å². The molecule has 0 atom stereocenters. The lowest BCUT2D eigenvalue weighted by molar-refractivity contribution is 0.334. The molecule has 1 aliphatic carbocycles. The second-order valence-corrected chi connectivity index (χ2v) is 5.37. The van der Waals surface area contributed by atoms with Gasteiger partial charge in [0.15, 0.2) is 0 Å². The van der Waals surface area contributed by atoms with Crippen LogP contribution in [0.15, 0.2) is 0 Å². The fraction of sp³-hybridized carbons (Fsp3) is 0.786. The van der Waals surface area contributed by atoms with Crippen molar-refractivity contribution in [3.8, 4) is 12.0 Å². The number of ether oxygens (including phenoxy) is 2. The highest BCUT2D eigenvalue weighted by atomic mass is 16.5. The Balaban J connectivity index is 2.24. The van der Waals surface area contributed by atoms with Crippen molar-refractivity contribution < 1.29 is 9.47 Å². The standard InChI is InChI=1S/C14H25N5O2/c1-4-9-19(11-7-5-10(15)6-8-11)12-16-13(20-2)18-14(17-12)21-3/h10-11H,4-9,15H2,1-3H3. The molecule has 0 saturated heterocycles. The first-order valence-corrected chi connectivity index (χ1v) is 7.54. The predicted molar refractivity (Wildman–Crippen MR) is 80.8 cm³/mol. The molecule has 2 N–H and O–H groups in total. The molecule has 1 fully saturated rings. The van der Waals surface area contributed by atoms with Crippen LogP contribution in [0.5, 0.6) is 12.0 Å². The normalized spacial score (nSPS) is 21.9. The lowest BCUT2D eigenvalue weighted by Crippen LogP contribution is -2.42. The second kappa shape index (κ2) is 7.40. The molecule has 1 heterocycles. The summed E-state index contributed by atoms with van der Waals surface area (Å²) in [6, 6.07) is 1.31. The van der Waals surface area contributed by atoms with Gasteiger partial charge >= 0.3 is 12.0 Å². The van der Waals surface area contributed by atoms with Crippen LogP contribution in [-0.4, -0.2) is 47.8 Å². The molecule has 0 unspecified atom stereocenters. The first kappa shape index (κ1) is 15.8. The van der Waals surface area contributed by atoms with Gasteiger partial charge in [-0.2, -0.15) is 9.97 Å². The van der Waals surface area contributed by atoms with Crippen molar-refractivity contribution in [1.82, 2.24) is 15.0 Å². The summed E-state index contributed by atoms with van der Waals surface area (Å²) in [6.45, 7) is 3.05. The number of rotatable bonds is 6. The number of hydrogen-bond acceptors (Lipinski definition) is 7. The Morgan fingerprint density at radius 3 is 2.10 bits per heavy atom. The van der Waals surface area contributed by atoms with Crippen LogP contribution in [0.1, 0.15) is 39.0 Å². The molecule has 1 aromatic heterocycles. The highest BCUT2D eigenvalue weighted by molar-refractivity contribution is 5.34. The molecular weight excluding hydrogens is 270 g/mol. The molecule has 2 rings (SSSR count). The minimum atomic E-state index is 0.283. The maximum Gasteiger partial charge on any atom is 0.324 e. The van der Waals surface area contributed by atoms with E-state index in [4.69, 9.17) is 15.2 Å². The van der Waals surface area contributed by atoms with Crippen LogP contribution in [0.3, 0.4) is 0 Å². The van der Waals surface area contributed by atoms with Crippen LogP contribution < -0.4 is 20.1 Å². The molecule has 1 aromatic rings. The largest absolute Gasteiger partial charge is 0.467 e. The van der Waals surface area contributed by atoms with Gasteiger partial charge in [-0.05, 0) is 32.1 Å². The van der Waals surface area contributed by atoms with Crippen LogP contribution in [0.4, 0.5) is 5.95 Å². The number of nitrogens with two attached hydrogens (primary N) is 1. The summed E-state index contributed by atoms with van der Waals surface area (Å²) in [7, 11) is 3.09. The van der Waals surface area contributed by atoms with Gasteiger partial charge in [0, 0.05) is 18.6 Å². The molecule has 7 heteroatoms. The van der Waals surface area contributed by atoms with Gasteiger partial charge in [-0.1, -0.05) is 6.92 Å². The molecule has 0 aromatic carbocycles. The Morgan fingerprint density at radius 2 is 1.62 bits per heavy atom. The monoisotopic (exact) mass is 295 g/mol. The van der Waals surface area contributed by atoms with Gasteiger partial charge < -0.3 is 20.1 Å². The number of anilines is 1. The zero-order valence-corrected chi connectivity index (χ0v) is 13.1. The van der Waals surface area contributed by atoms with Crippen molar-refractivity contribution >= 4 is 5.95 Å². The molecule has 21 heavy (non-hydrogen) atoms. The zero-order chi connectivity index (χ0) is 15.2. The molecule has 1 saturated carbocycles. The smallest absolute Gasteiger partial charge is 0.324 e. The van der Waals surface area contributed by atoms with Crippen LogP contribution in [0, 0.1) is 0 Å². The number of methoxy groups -OCH3 is 2. The molecule has 0 bridgehead atoms. The third-order valence-corrected chi connectivity index (χ3v) is 3.85. The van der Waals surface area contributed by atoms with Crippen molar-refractivity contribution in [3.05, 3.63) is 0 Å². The summed E-state index contributed by atoms with van der Waals surface area (Å²) >= 11 is 0. The van der Waals surface area contributed by atoms with E-state index in [9.17, 15) is 0 Å². The molecule has 0 radical (unpaired) electrons. The molecule has 0 amide bonds. The van der Waals surface area contributed by atoms with Gasteiger partial charge in [-0.15, -0.1) is 4.98 Å². The average molecular weight is 295 g/mol. The first-order valence-electron chi connectivity index (χ1n) is 7.54. The minimum absolute atomic E-state index is 0.283. The summed E-state index contributed by atoms with van der Waals surface area (Å²) in [5, 5.41) is 0. The SMILES string of the molecule is CCCN(c1nc(OC)nc(OC)n1)C1CCC(N)CC1. The van der Waals surface area contributed by atoms with Crippen LogP contribution in [0.2, 0.25) is 0 Å². The van der Waals surface area contributed by atoms with Gasteiger partial charge in [0.1, 0.15) is 0 Å². The molecule has 0 aliphatic heterocycles. The Bertz CT molecular complexity index is 427. The van der Waals surface area contributed by atoms with Crippen molar-refractivity contribution in [3.63, 3.8) is 0 Å². The van der Waals surface area contributed by atoms with Crippen LogP contribution in [0.25, 0.3) is 0 Å². The van der Waals surface area contributed by atoms with E-state index in [1.807, 2.05) is 0 Å². The third kappa shape index (κ3) is 3.93. The van der Waals surface area contributed by atoms with Crippen molar-refractivity contribution in [2.45, 2.75) is 51.1 Å². The topological polar surface area (TPSA) is 86.4 Å². The van der Waals surface area contributed by atoms with Crippen molar-refractivity contribution in [1.29, 1.82) is 0 Å². The molecular formula is C14H25N5O2. The summed E-state index contributed by atoms with van der Waals surface area (Å²) in [5.74, 6) is 0.626. The Labute approximate surface area is 125 Å². The van der Waals surface area contributed by atoms with Crippen molar-refractivity contribution in [2.24, 2.45) is 5.73 Å². The quantitative estimate of drug-likeness (QED) is 0.848. The van der Waals surface area contributed by atoms with Gasteiger partial charge in [-0.25, -0.2) is 0 Å². The zero-order valence-electron chi connectivity index (χ0n) is 13.1. The lowest BCUT2D eigenvalue weighted by atomic mass is 9.91. The Hall–Kier alpha value is -1.63. The number of aromatic nitrogens is 3. The minimum Gasteiger partial charge on any atom is -0.467 e. The first-order chi connectivity index (χ1) is 10.2. The van der Waals surface area contributed by atoms with Gasteiger partial charge in [-0.3, -0.25) is 0 Å². The van der Waals surface area contributed by atoms with Crippen LogP contribution >= 0.6 is 0 Å². The van der Waals surface area contributed by atoms with E-state index < -0.39 is 0 Å². The summed E-state index contributed by atoms with van der Waals surface area (Å²) in [6.07, 6.45) is 5.25. The fourth-order valence-corrected chi connectivity index (χ4v) is 2.74. The van der Waals surface area contributed by atoms with E-state index in [2.05, 4.69) is 26.8 Å². The van der Waals surface area contributed by atoms with E-state index >= 15 is 0 Å². The van der Waals surface area contributed by atoms with Gasteiger partial charge in [0.2, 0.25) is 5.95 Å². The maximum absolute atomic E-state index is 6.00. The lowest BCUT2D eigenvalue weighted by Gasteiger charge is -2.36. The van der Waals surface area contributed by atoms with Gasteiger partial charge in [0.25, 0.3) is 0 Å². The molecule has 118 valence electrons. The predicted octanol–water partition coefficient (Wildman–Crippen LogP) is 1.38. The van der Waals surface area contributed by atoms with Crippen LogP contribution in [-0.2, 0) is 0 Å². The molecule has 0 spiro atoms. The number of hydrogen-bond donors (Lipinski definition) is 1. The van der Waals surface area contributed by atoms with E-state index in [0.717, 1.165) is 38.6 Å². The Kier molecular flexibility index (Phi) is 5.55. The highest BCUT2D eigenvalue weighted by Gasteiger charge is 2.26. The molecule has 7 nitrogen and oxygen atoms in total. The summed E-state index contributed by atoms with van der Waals surface area (Å²) in [4.78, 5) is 15.1. The number of nitrogens with zero attached hydrogens (tertiary/aromatic N) is 4. The average Bonchev–Trinajstić information content (AvgIpc) is 2.53.